The van der Waals surface area contributed by atoms with Gasteiger partial charge >= 0.3 is 5.97 Å². The maximum absolute atomic E-state index is 11.6. The van der Waals surface area contributed by atoms with E-state index in [0.29, 0.717) is 6.61 Å². The third-order valence-electron chi connectivity index (χ3n) is 3.09. The second kappa shape index (κ2) is 9.38. The number of hydrogen-bond donors (Lipinski definition) is 1. The maximum Gasteiger partial charge on any atom is 0.338 e. The van der Waals surface area contributed by atoms with Crippen LogP contribution in [0.5, 0.6) is 0 Å². The summed E-state index contributed by atoms with van der Waals surface area (Å²) in [5, 5.41) is 2.47. The lowest BCUT2D eigenvalue weighted by atomic mass is 10.1. The Bertz CT molecular complexity index is 361. The summed E-state index contributed by atoms with van der Waals surface area (Å²) in [6.45, 7) is 2.70. The summed E-state index contributed by atoms with van der Waals surface area (Å²) in [6, 6.07) is 0. The molecule has 1 saturated heterocycles. The first-order chi connectivity index (χ1) is 9.70. The van der Waals surface area contributed by atoms with Gasteiger partial charge in [0, 0.05) is 0 Å². The van der Waals surface area contributed by atoms with Gasteiger partial charge in [-0.3, -0.25) is 4.79 Å². The number of unbranched alkanes of at least 4 members (excludes halogenated alkanes) is 5. The van der Waals surface area contributed by atoms with E-state index in [2.05, 4.69) is 18.2 Å². The van der Waals surface area contributed by atoms with Crippen LogP contribution in [0.2, 0.25) is 0 Å². The van der Waals surface area contributed by atoms with Gasteiger partial charge in [0.25, 0.3) is 5.91 Å². The lowest BCUT2D eigenvalue weighted by Crippen LogP contribution is -2.31. The monoisotopic (exact) mass is 281 g/mol. The molecule has 0 spiro atoms. The minimum absolute atomic E-state index is 0.137. The predicted octanol–water partition coefficient (Wildman–Crippen LogP) is 1.41. The van der Waals surface area contributed by atoms with Crippen molar-refractivity contribution in [1.82, 2.24) is 5.32 Å². The number of amides is 1. The van der Waals surface area contributed by atoms with Crippen molar-refractivity contribution in [3.63, 3.8) is 0 Å². The molecule has 1 aliphatic rings. The fourth-order valence-corrected chi connectivity index (χ4v) is 1.87. The number of carbonyl (C=O) groups excluding carboxylic acids is 2. The quantitative estimate of drug-likeness (QED) is 0.284. The molecule has 0 aromatic heterocycles. The van der Waals surface area contributed by atoms with Crippen molar-refractivity contribution in [1.29, 1.82) is 0 Å². The Morgan fingerprint density at radius 1 is 1.20 bits per heavy atom. The van der Waals surface area contributed by atoms with E-state index in [4.69, 9.17) is 15.9 Å². The molecule has 0 aromatic carbocycles. The van der Waals surface area contributed by atoms with Crippen LogP contribution in [0.3, 0.4) is 0 Å². The lowest BCUT2D eigenvalue weighted by Gasteiger charge is -2.03. The molecule has 5 heteroatoms. The van der Waals surface area contributed by atoms with E-state index in [9.17, 15) is 9.59 Å². The molecular weight excluding hydrogens is 258 g/mol. The van der Waals surface area contributed by atoms with Crippen molar-refractivity contribution in [2.24, 2.45) is 0 Å². The molecule has 20 heavy (non-hydrogen) atoms. The van der Waals surface area contributed by atoms with Crippen LogP contribution in [0.15, 0.2) is 0 Å². The van der Waals surface area contributed by atoms with Crippen LogP contribution >= 0.6 is 0 Å². The van der Waals surface area contributed by atoms with Crippen molar-refractivity contribution >= 4 is 11.9 Å². The average molecular weight is 281 g/mol. The highest BCUT2D eigenvalue weighted by atomic mass is 16.6. The molecule has 112 valence electrons. The summed E-state index contributed by atoms with van der Waals surface area (Å²) in [5.74, 6) is 1.47. The first-order valence-corrected chi connectivity index (χ1v) is 7.24. The Balaban J connectivity index is 2.02. The summed E-state index contributed by atoms with van der Waals surface area (Å²) < 4.78 is 10.1. The fourth-order valence-electron chi connectivity index (χ4n) is 1.87. The van der Waals surface area contributed by atoms with Gasteiger partial charge in [0.2, 0.25) is 0 Å². The fraction of sp³-hybridized carbons (Fsp3) is 0.733. The number of ether oxygens (including phenoxy) is 2. The van der Waals surface area contributed by atoms with Gasteiger partial charge in [0.15, 0.2) is 12.2 Å². The van der Waals surface area contributed by atoms with E-state index in [0.717, 1.165) is 12.8 Å². The van der Waals surface area contributed by atoms with E-state index in [1.165, 1.54) is 25.7 Å². The third kappa shape index (κ3) is 6.07. The van der Waals surface area contributed by atoms with Gasteiger partial charge in [-0.1, -0.05) is 44.9 Å². The van der Waals surface area contributed by atoms with Crippen molar-refractivity contribution in [3.8, 4) is 12.3 Å². The van der Waals surface area contributed by atoms with Gasteiger partial charge in [0.1, 0.15) is 0 Å². The third-order valence-corrected chi connectivity index (χ3v) is 3.09. The topological polar surface area (TPSA) is 67.9 Å². The maximum atomic E-state index is 11.6. The Morgan fingerprint density at radius 2 is 1.90 bits per heavy atom. The number of epoxide rings is 1. The largest absolute Gasteiger partial charge is 0.464 e. The van der Waals surface area contributed by atoms with Crippen LogP contribution < -0.4 is 5.32 Å². The first kappa shape index (κ1) is 16.5. The molecule has 1 amide bonds. The Labute approximate surface area is 120 Å². The molecule has 0 aromatic rings. The van der Waals surface area contributed by atoms with Gasteiger partial charge in [-0.2, -0.15) is 0 Å². The first-order valence-electron chi connectivity index (χ1n) is 7.24. The van der Waals surface area contributed by atoms with Crippen molar-refractivity contribution in [3.05, 3.63) is 0 Å². The normalized spacial score (nSPS) is 20.0. The smallest absolute Gasteiger partial charge is 0.338 e. The van der Waals surface area contributed by atoms with Crippen LogP contribution in [0.1, 0.15) is 45.4 Å². The second-order valence-corrected chi connectivity index (χ2v) is 4.83. The van der Waals surface area contributed by atoms with Crippen LogP contribution in [0.4, 0.5) is 0 Å². The summed E-state index contributed by atoms with van der Waals surface area (Å²) in [7, 11) is 0. The minimum Gasteiger partial charge on any atom is -0.464 e. The molecule has 0 saturated carbocycles. The molecular formula is C15H23NO4. The van der Waals surface area contributed by atoms with E-state index in [1.807, 2.05) is 0 Å². The van der Waals surface area contributed by atoms with Crippen LogP contribution in [-0.2, 0) is 19.1 Å². The van der Waals surface area contributed by atoms with E-state index in [1.54, 1.807) is 0 Å². The average Bonchev–Trinajstić information content (AvgIpc) is 3.24. The lowest BCUT2D eigenvalue weighted by molar-refractivity contribution is -0.145. The molecule has 1 heterocycles. The number of carbonyl (C=O) groups is 2. The van der Waals surface area contributed by atoms with Crippen molar-refractivity contribution < 1.29 is 19.1 Å². The molecule has 0 aliphatic carbocycles. The highest BCUT2D eigenvalue weighted by Gasteiger charge is 2.51. The van der Waals surface area contributed by atoms with Gasteiger partial charge in [0.05, 0.1) is 13.2 Å². The highest BCUT2D eigenvalue weighted by molar-refractivity contribution is 5.92. The Hall–Kier alpha value is -1.54. The molecule has 2 atom stereocenters. The molecule has 1 rings (SSSR count). The second-order valence-electron chi connectivity index (χ2n) is 4.83. The van der Waals surface area contributed by atoms with Crippen LogP contribution in [-0.4, -0.2) is 37.2 Å². The summed E-state index contributed by atoms with van der Waals surface area (Å²) >= 11 is 0. The van der Waals surface area contributed by atoms with Crippen LogP contribution in [0.25, 0.3) is 0 Å². The molecule has 1 N–H and O–H groups in total. The summed E-state index contributed by atoms with van der Waals surface area (Å²) in [4.78, 5) is 23.0. The standard InChI is InChI=1S/C15H23NO4/c1-3-5-6-7-8-9-11-19-15(18)13-12(20-13)14(17)16-10-4-2/h2,12-13H,3,5-11H2,1H3,(H,16,17)/t12-,13-/m1/s1. The molecule has 1 aliphatic heterocycles. The van der Waals surface area contributed by atoms with E-state index >= 15 is 0 Å². The van der Waals surface area contributed by atoms with Gasteiger partial charge in [-0.25, -0.2) is 4.79 Å². The minimum atomic E-state index is -0.757. The zero-order valence-corrected chi connectivity index (χ0v) is 12.0. The molecule has 0 radical (unpaired) electrons. The van der Waals surface area contributed by atoms with E-state index in [-0.39, 0.29) is 12.5 Å². The zero-order valence-electron chi connectivity index (χ0n) is 12.0. The number of rotatable bonds is 10. The summed E-state index contributed by atoms with van der Waals surface area (Å²) in [6.07, 6.45) is 10.3. The van der Waals surface area contributed by atoms with Crippen molar-refractivity contribution in [2.45, 2.75) is 57.7 Å². The number of nitrogens with one attached hydrogen (secondary N) is 1. The Kier molecular flexibility index (Phi) is 7.74. The number of esters is 1. The Morgan fingerprint density at radius 3 is 2.60 bits per heavy atom. The number of terminal acetylenes is 1. The highest BCUT2D eigenvalue weighted by Crippen LogP contribution is 2.23. The predicted molar refractivity (Wildman–Crippen MR) is 74.8 cm³/mol. The van der Waals surface area contributed by atoms with Gasteiger partial charge in [-0.05, 0) is 6.42 Å². The zero-order chi connectivity index (χ0) is 14.8. The number of hydrogen-bond acceptors (Lipinski definition) is 4. The molecule has 0 unspecified atom stereocenters. The molecule has 5 nitrogen and oxygen atoms in total. The van der Waals surface area contributed by atoms with Gasteiger partial charge in [-0.15, -0.1) is 6.42 Å². The van der Waals surface area contributed by atoms with Gasteiger partial charge < -0.3 is 14.8 Å². The van der Waals surface area contributed by atoms with Crippen molar-refractivity contribution in [2.75, 3.05) is 13.2 Å². The summed E-state index contributed by atoms with van der Waals surface area (Å²) in [5.41, 5.74) is 0. The molecule has 0 bridgehead atoms. The van der Waals surface area contributed by atoms with E-state index < -0.39 is 18.2 Å². The van der Waals surface area contributed by atoms with Crippen LogP contribution in [0, 0.1) is 12.3 Å². The SMILES string of the molecule is C#CCNC(=O)[C@@H]1O[C@H]1C(=O)OCCCCCCCC. The molecule has 1 fully saturated rings.